The first-order valence-corrected chi connectivity index (χ1v) is 9.03. The molecule has 3 aromatic heterocycles. The van der Waals surface area contributed by atoms with Crippen molar-refractivity contribution in [1.29, 1.82) is 0 Å². The number of anilines is 1. The molecule has 0 atom stereocenters. The fourth-order valence-corrected chi connectivity index (χ4v) is 3.30. The molecule has 0 aliphatic rings. The first kappa shape index (κ1) is 16.5. The Morgan fingerprint density at radius 2 is 1.92 bits per heavy atom. The summed E-state index contributed by atoms with van der Waals surface area (Å²) in [5.41, 5.74) is 4.07. The van der Waals surface area contributed by atoms with Crippen LogP contribution >= 0.6 is 15.9 Å². The number of halogens is 1. The van der Waals surface area contributed by atoms with Crippen LogP contribution in [0.25, 0.3) is 11.2 Å². The number of para-hydroxylation sites is 1. The van der Waals surface area contributed by atoms with Crippen molar-refractivity contribution < 1.29 is 4.79 Å². The van der Waals surface area contributed by atoms with Gasteiger partial charge in [0.15, 0.2) is 0 Å². The van der Waals surface area contributed by atoms with Gasteiger partial charge in [0.25, 0.3) is 5.91 Å². The molecule has 0 saturated carbocycles. The van der Waals surface area contributed by atoms with Crippen molar-refractivity contribution in [2.45, 2.75) is 13.3 Å². The highest BCUT2D eigenvalue weighted by Gasteiger charge is 2.15. The number of carbonyl (C=O) groups excluding carboxylic acids is 1. The number of hydrogen-bond donors (Lipinski definition) is 1. The van der Waals surface area contributed by atoms with Gasteiger partial charge in [0, 0.05) is 6.20 Å². The summed E-state index contributed by atoms with van der Waals surface area (Å²) in [6.45, 7) is 2.04. The van der Waals surface area contributed by atoms with Crippen molar-refractivity contribution in [2.24, 2.45) is 0 Å². The summed E-state index contributed by atoms with van der Waals surface area (Å²) >= 11 is 3.43. The van der Waals surface area contributed by atoms with E-state index in [1.165, 1.54) is 0 Å². The van der Waals surface area contributed by atoms with Crippen LogP contribution in [0.5, 0.6) is 0 Å². The second kappa shape index (κ2) is 6.76. The van der Waals surface area contributed by atoms with Crippen LogP contribution in [0, 0.1) is 0 Å². The molecule has 26 heavy (non-hydrogen) atoms. The van der Waals surface area contributed by atoms with Gasteiger partial charge in [0.1, 0.15) is 0 Å². The van der Waals surface area contributed by atoms with E-state index in [-0.39, 0.29) is 5.91 Å². The van der Waals surface area contributed by atoms with Gasteiger partial charge in [0.2, 0.25) is 0 Å². The van der Waals surface area contributed by atoms with Crippen molar-refractivity contribution in [2.75, 3.05) is 5.32 Å². The fourth-order valence-electron chi connectivity index (χ4n) is 2.89. The average molecular weight is 410 g/mol. The van der Waals surface area contributed by atoms with E-state index in [2.05, 4.69) is 31.4 Å². The number of benzene rings is 1. The van der Waals surface area contributed by atoms with Gasteiger partial charge in [-0.2, -0.15) is 10.2 Å². The summed E-state index contributed by atoms with van der Waals surface area (Å²) < 4.78 is 4.41. The molecule has 0 fully saturated rings. The molecule has 130 valence electrons. The van der Waals surface area contributed by atoms with Crippen LogP contribution < -0.4 is 5.32 Å². The summed E-state index contributed by atoms with van der Waals surface area (Å²) in [5, 5.41) is 11.6. The van der Waals surface area contributed by atoms with Crippen molar-refractivity contribution in [3.63, 3.8) is 0 Å². The van der Waals surface area contributed by atoms with E-state index in [0.29, 0.717) is 11.3 Å². The zero-order valence-corrected chi connectivity index (χ0v) is 15.6. The summed E-state index contributed by atoms with van der Waals surface area (Å²) in [4.78, 5) is 12.7. The number of nitrogens with zero attached hydrogens (tertiary/aromatic N) is 4. The molecule has 1 amide bonds. The smallest absolute Gasteiger partial charge is 0.257 e. The summed E-state index contributed by atoms with van der Waals surface area (Å²) in [5.74, 6) is -0.194. The van der Waals surface area contributed by atoms with Crippen LogP contribution in [0.4, 0.5) is 5.69 Å². The molecule has 0 radical (unpaired) electrons. The first-order valence-electron chi connectivity index (χ1n) is 8.24. The highest BCUT2D eigenvalue weighted by atomic mass is 79.9. The van der Waals surface area contributed by atoms with E-state index in [1.807, 2.05) is 48.0 Å². The molecule has 0 bridgehead atoms. The molecule has 4 rings (SSSR count). The third kappa shape index (κ3) is 2.90. The number of amides is 1. The highest BCUT2D eigenvalue weighted by Crippen LogP contribution is 2.22. The van der Waals surface area contributed by atoms with Crippen LogP contribution in [-0.2, 0) is 6.42 Å². The maximum atomic E-state index is 12.7. The topological polar surface area (TPSA) is 64.2 Å². The van der Waals surface area contributed by atoms with Crippen LogP contribution in [0.15, 0.2) is 65.5 Å². The summed E-state index contributed by atoms with van der Waals surface area (Å²) in [6.07, 6.45) is 5.85. The second-order valence-electron chi connectivity index (χ2n) is 5.80. The standard InChI is InChI=1S/C19H16BrN5O/c1-2-17-16(11-22-25(17)14-6-4-3-5-7-14)23-19(26)13-8-9-18-15(20)10-21-24(18)12-13/h3-12H,2H2,1H3,(H,23,26). The molecule has 6 nitrogen and oxygen atoms in total. The molecule has 4 aromatic rings. The number of hydrogen-bond acceptors (Lipinski definition) is 3. The van der Waals surface area contributed by atoms with Gasteiger partial charge in [-0.15, -0.1) is 0 Å². The van der Waals surface area contributed by atoms with E-state index in [1.54, 1.807) is 29.2 Å². The Kier molecular flexibility index (Phi) is 4.30. The lowest BCUT2D eigenvalue weighted by Crippen LogP contribution is -2.14. The molecule has 3 heterocycles. The van der Waals surface area contributed by atoms with Crippen LogP contribution in [0.3, 0.4) is 0 Å². The zero-order chi connectivity index (χ0) is 18.1. The lowest BCUT2D eigenvalue weighted by atomic mass is 10.2. The Hall–Kier alpha value is -2.93. The van der Waals surface area contributed by atoms with Gasteiger partial charge in [0.05, 0.1) is 45.0 Å². The number of fused-ring (bicyclic) bond motifs is 1. The second-order valence-corrected chi connectivity index (χ2v) is 6.65. The minimum Gasteiger partial charge on any atom is -0.319 e. The molecular formula is C19H16BrN5O. The van der Waals surface area contributed by atoms with Crippen LogP contribution in [0.1, 0.15) is 23.0 Å². The van der Waals surface area contributed by atoms with Gasteiger partial charge >= 0.3 is 0 Å². The number of aromatic nitrogens is 4. The SMILES string of the molecule is CCc1c(NC(=O)c2ccc3c(Br)cnn3c2)cnn1-c1ccccc1. The molecule has 0 unspecified atom stereocenters. The lowest BCUT2D eigenvalue weighted by Gasteiger charge is -2.09. The monoisotopic (exact) mass is 409 g/mol. The fraction of sp³-hybridized carbons (Fsp3) is 0.105. The van der Waals surface area contributed by atoms with Gasteiger partial charge < -0.3 is 5.32 Å². The number of pyridine rings is 1. The van der Waals surface area contributed by atoms with E-state index in [0.717, 1.165) is 27.8 Å². The third-order valence-corrected chi connectivity index (χ3v) is 4.80. The van der Waals surface area contributed by atoms with Crippen molar-refractivity contribution in [1.82, 2.24) is 19.4 Å². The number of nitrogens with one attached hydrogen (secondary N) is 1. The van der Waals surface area contributed by atoms with Gasteiger partial charge in [-0.25, -0.2) is 9.20 Å². The normalized spacial score (nSPS) is 11.0. The molecule has 0 spiro atoms. The number of rotatable bonds is 4. The lowest BCUT2D eigenvalue weighted by molar-refractivity contribution is 0.102. The minimum absolute atomic E-state index is 0.194. The quantitative estimate of drug-likeness (QED) is 0.551. The Labute approximate surface area is 158 Å². The van der Waals surface area contributed by atoms with E-state index in [4.69, 9.17) is 0 Å². The molecule has 1 N–H and O–H groups in total. The maximum Gasteiger partial charge on any atom is 0.257 e. The zero-order valence-electron chi connectivity index (χ0n) is 14.1. The molecular weight excluding hydrogens is 394 g/mol. The largest absolute Gasteiger partial charge is 0.319 e. The van der Waals surface area contributed by atoms with E-state index >= 15 is 0 Å². The Bertz CT molecular complexity index is 1080. The Balaban J connectivity index is 1.64. The summed E-state index contributed by atoms with van der Waals surface area (Å²) in [7, 11) is 0. The third-order valence-electron chi connectivity index (χ3n) is 4.18. The van der Waals surface area contributed by atoms with E-state index in [9.17, 15) is 4.79 Å². The van der Waals surface area contributed by atoms with Crippen LogP contribution in [0.2, 0.25) is 0 Å². The maximum absolute atomic E-state index is 12.7. The van der Waals surface area contributed by atoms with Crippen LogP contribution in [-0.4, -0.2) is 25.3 Å². The minimum atomic E-state index is -0.194. The molecule has 0 aliphatic heterocycles. The predicted octanol–water partition coefficient (Wildman–Crippen LogP) is 4.10. The Morgan fingerprint density at radius 1 is 1.12 bits per heavy atom. The van der Waals surface area contributed by atoms with Crippen molar-refractivity contribution in [3.05, 3.63) is 76.8 Å². The van der Waals surface area contributed by atoms with Crippen molar-refractivity contribution >= 4 is 33.0 Å². The van der Waals surface area contributed by atoms with Gasteiger partial charge in [-0.3, -0.25) is 4.79 Å². The Morgan fingerprint density at radius 3 is 2.69 bits per heavy atom. The molecule has 0 aliphatic carbocycles. The van der Waals surface area contributed by atoms with Gasteiger partial charge in [-0.05, 0) is 46.6 Å². The predicted molar refractivity (Wildman–Crippen MR) is 104 cm³/mol. The molecule has 1 aromatic carbocycles. The van der Waals surface area contributed by atoms with Gasteiger partial charge in [-0.1, -0.05) is 25.1 Å². The highest BCUT2D eigenvalue weighted by molar-refractivity contribution is 9.10. The van der Waals surface area contributed by atoms with E-state index < -0.39 is 0 Å². The number of carbonyl (C=O) groups is 1. The average Bonchev–Trinajstić information content (AvgIpc) is 3.25. The molecule has 7 heteroatoms. The summed E-state index contributed by atoms with van der Waals surface area (Å²) in [6, 6.07) is 13.5. The first-order chi connectivity index (χ1) is 12.7. The van der Waals surface area contributed by atoms with Crippen molar-refractivity contribution in [3.8, 4) is 5.69 Å². The molecule has 0 saturated heterocycles.